The van der Waals surface area contributed by atoms with E-state index in [4.69, 9.17) is 0 Å². The van der Waals surface area contributed by atoms with Crippen molar-refractivity contribution in [3.8, 4) is 0 Å². The van der Waals surface area contributed by atoms with Crippen molar-refractivity contribution in [1.29, 1.82) is 0 Å². The minimum Gasteiger partial charge on any atom is -0.362 e. The summed E-state index contributed by atoms with van der Waals surface area (Å²) in [7, 11) is 0. The number of aromatic amines is 1. The number of para-hydroxylation sites is 1. The first-order valence-electron chi connectivity index (χ1n) is 8.31. The van der Waals surface area contributed by atoms with Crippen molar-refractivity contribution in [3.05, 3.63) is 53.9 Å². The van der Waals surface area contributed by atoms with Crippen molar-refractivity contribution in [2.24, 2.45) is 0 Å². The number of nitrogens with one attached hydrogen (secondary N) is 1. The number of rotatable bonds is 3. The van der Waals surface area contributed by atoms with Crippen LogP contribution in [0.1, 0.15) is 30.5 Å². The fraction of sp³-hybridized carbons (Fsp3) is 0.316. The fourth-order valence-electron chi connectivity index (χ4n) is 3.48. The van der Waals surface area contributed by atoms with Crippen LogP contribution in [0.25, 0.3) is 11.6 Å². The first-order valence-corrected chi connectivity index (χ1v) is 8.31. The predicted octanol–water partition coefficient (Wildman–Crippen LogP) is 3.35. The molecule has 0 spiro atoms. The van der Waals surface area contributed by atoms with E-state index in [1.54, 1.807) is 0 Å². The third kappa shape index (κ3) is 2.70. The summed E-state index contributed by atoms with van der Waals surface area (Å²) in [6.45, 7) is 2.86. The van der Waals surface area contributed by atoms with Crippen molar-refractivity contribution >= 4 is 23.2 Å². The molecule has 2 aliphatic rings. The van der Waals surface area contributed by atoms with E-state index in [0.717, 1.165) is 35.6 Å². The zero-order valence-electron chi connectivity index (χ0n) is 13.2. The Hall–Kier alpha value is -2.33. The van der Waals surface area contributed by atoms with Crippen LogP contribution in [0.2, 0.25) is 0 Å². The molecule has 4 rings (SSSR count). The van der Waals surface area contributed by atoms with Crippen LogP contribution >= 0.6 is 0 Å². The highest BCUT2D eigenvalue weighted by Crippen LogP contribution is 2.37. The number of hydrogen-bond donors (Lipinski definition) is 1. The second-order valence-electron chi connectivity index (χ2n) is 6.25. The van der Waals surface area contributed by atoms with Gasteiger partial charge in [0.25, 0.3) is 5.91 Å². The van der Waals surface area contributed by atoms with Gasteiger partial charge in [-0.05, 0) is 50.2 Å². The molecule has 0 atom stereocenters. The lowest BCUT2D eigenvalue weighted by molar-refractivity contribution is -0.113. The summed E-state index contributed by atoms with van der Waals surface area (Å²) < 4.78 is 0. The van der Waals surface area contributed by atoms with E-state index < -0.39 is 0 Å². The van der Waals surface area contributed by atoms with E-state index in [2.05, 4.69) is 9.88 Å². The molecule has 0 radical (unpaired) electrons. The molecule has 1 amide bonds. The first-order chi connectivity index (χ1) is 11.3. The number of H-pyrrole nitrogens is 1. The van der Waals surface area contributed by atoms with E-state index in [-0.39, 0.29) is 5.91 Å². The third-order valence-corrected chi connectivity index (χ3v) is 4.67. The monoisotopic (exact) mass is 307 g/mol. The maximum absolute atomic E-state index is 13.0. The van der Waals surface area contributed by atoms with Crippen LogP contribution in [0.4, 0.5) is 5.69 Å². The maximum Gasteiger partial charge on any atom is 0.260 e. The molecule has 1 aromatic heterocycles. The number of amides is 1. The van der Waals surface area contributed by atoms with Crippen LogP contribution in [0.5, 0.6) is 0 Å². The Bertz CT molecular complexity index is 727. The lowest BCUT2D eigenvalue weighted by atomic mass is 10.1. The molecule has 0 saturated carbocycles. The van der Waals surface area contributed by atoms with Gasteiger partial charge < -0.3 is 4.98 Å². The van der Waals surface area contributed by atoms with Crippen LogP contribution in [0.3, 0.4) is 0 Å². The van der Waals surface area contributed by atoms with Gasteiger partial charge in [-0.3, -0.25) is 14.6 Å². The van der Waals surface area contributed by atoms with E-state index in [9.17, 15) is 4.79 Å². The largest absolute Gasteiger partial charge is 0.362 e. The number of carbonyl (C=O) groups excluding carboxylic acids is 1. The Labute approximate surface area is 136 Å². The molecule has 2 aromatic rings. The molecular formula is C19H21N3O. The highest BCUT2D eigenvalue weighted by molar-refractivity contribution is 6.35. The van der Waals surface area contributed by atoms with Crippen molar-refractivity contribution in [1.82, 2.24) is 9.88 Å². The normalized spacial score (nSPS) is 20.3. The van der Waals surface area contributed by atoms with Gasteiger partial charge in [0.2, 0.25) is 0 Å². The minimum absolute atomic E-state index is 0.103. The second-order valence-corrected chi connectivity index (χ2v) is 6.25. The summed E-state index contributed by atoms with van der Waals surface area (Å²) in [6, 6.07) is 12.0. The number of piperidine rings is 1. The average molecular weight is 307 g/mol. The van der Waals surface area contributed by atoms with Crippen molar-refractivity contribution in [2.45, 2.75) is 19.3 Å². The molecule has 1 N–H and O–H groups in total. The van der Waals surface area contributed by atoms with Crippen LogP contribution in [0.15, 0.2) is 42.6 Å². The zero-order valence-corrected chi connectivity index (χ0v) is 13.2. The predicted molar refractivity (Wildman–Crippen MR) is 92.9 cm³/mol. The number of nitrogens with zero attached hydrogens (tertiary/aromatic N) is 2. The smallest absolute Gasteiger partial charge is 0.260 e. The maximum atomic E-state index is 13.0. The summed E-state index contributed by atoms with van der Waals surface area (Å²) in [6.07, 6.45) is 7.60. The Morgan fingerprint density at radius 1 is 1.04 bits per heavy atom. The molecule has 4 heteroatoms. The summed E-state index contributed by atoms with van der Waals surface area (Å²) in [5, 5.41) is 0. The summed E-state index contributed by atoms with van der Waals surface area (Å²) in [4.78, 5) is 20.4. The third-order valence-electron chi connectivity index (χ3n) is 4.67. The number of likely N-dealkylation sites (tertiary alicyclic amines) is 1. The molecule has 0 aliphatic carbocycles. The quantitative estimate of drug-likeness (QED) is 0.883. The number of hydrogen-bond acceptors (Lipinski definition) is 2. The van der Waals surface area contributed by atoms with Crippen molar-refractivity contribution < 1.29 is 4.79 Å². The lowest BCUT2D eigenvalue weighted by Crippen LogP contribution is -2.42. The fourth-order valence-corrected chi connectivity index (χ4v) is 3.48. The van der Waals surface area contributed by atoms with Gasteiger partial charge >= 0.3 is 0 Å². The van der Waals surface area contributed by atoms with Crippen molar-refractivity contribution in [3.63, 3.8) is 0 Å². The molecule has 0 unspecified atom stereocenters. The van der Waals surface area contributed by atoms with E-state index in [1.807, 2.05) is 53.6 Å². The van der Waals surface area contributed by atoms with Gasteiger partial charge in [-0.2, -0.15) is 0 Å². The van der Waals surface area contributed by atoms with Gasteiger partial charge in [-0.25, -0.2) is 0 Å². The first kappa shape index (κ1) is 14.3. The van der Waals surface area contributed by atoms with Gasteiger partial charge in [0.05, 0.1) is 17.9 Å². The van der Waals surface area contributed by atoms with Gasteiger partial charge in [-0.15, -0.1) is 0 Å². The molecule has 0 bridgehead atoms. The highest BCUT2D eigenvalue weighted by atomic mass is 16.2. The van der Waals surface area contributed by atoms with Crippen LogP contribution in [-0.4, -0.2) is 35.5 Å². The number of carbonyl (C=O) groups is 1. The Morgan fingerprint density at radius 3 is 2.65 bits per heavy atom. The van der Waals surface area contributed by atoms with Gasteiger partial charge in [0.15, 0.2) is 0 Å². The van der Waals surface area contributed by atoms with Crippen LogP contribution < -0.4 is 4.90 Å². The molecular weight excluding hydrogens is 286 g/mol. The SMILES string of the molecule is O=C1/C(=C/c2ccc[nH]2)c2ccccc2N1CN1CCCCC1. The Kier molecular flexibility index (Phi) is 3.75. The topological polar surface area (TPSA) is 39.3 Å². The summed E-state index contributed by atoms with van der Waals surface area (Å²) >= 11 is 0. The molecule has 1 fully saturated rings. The summed E-state index contributed by atoms with van der Waals surface area (Å²) in [5.41, 5.74) is 3.80. The standard InChI is InChI=1S/C19H21N3O/c23-19-17(13-15-7-6-10-20-15)16-8-2-3-9-18(16)22(19)14-21-11-4-1-5-12-21/h2-3,6-10,13,20H,1,4-5,11-12,14H2/b17-13+. The number of anilines is 1. The molecule has 118 valence electrons. The van der Waals surface area contributed by atoms with Crippen LogP contribution in [0, 0.1) is 0 Å². The van der Waals surface area contributed by atoms with Gasteiger partial charge in [0.1, 0.15) is 0 Å². The molecule has 23 heavy (non-hydrogen) atoms. The number of aromatic nitrogens is 1. The Balaban J connectivity index is 1.67. The van der Waals surface area contributed by atoms with Gasteiger partial charge in [-0.1, -0.05) is 24.6 Å². The molecule has 4 nitrogen and oxygen atoms in total. The lowest BCUT2D eigenvalue weighted by Gasteiger charge is -2.30. The minimum atomic E-state index is 0.103. The molecule has 2 aliphatic heterocycles. The summed E-state index contributed by atoms with van der Waals surface area (Å²) in [5.74, 6) is 0.103. The van der Waals surface area contributed by atoms with Gasteiger partial charge in [0, 0.05) is 17.5 Å². The highest BCUT2D eigenvalue weighted by Gasteiger charge is 2.33. The molecule has 1 aromatic carbocycles. The van der Waals surface area contributed by atoms with E-state index in [0.29, 0.717) is 6.67 Å². The van der Waals surface area contributed by atoms with E-state index in [1.165, 1.54) is 19.3 Å². The second kappa shape index (κ2) is 6.05. The van der Waals surface area contributed by atoms with Crippen LogP contribution in [-0.2, 0) is 4.79 Å². The molecule has 3 heterocycles. The van der Waals surface area contributed by atoms with E-state index >= 15 is 0 Å². The van der Waals surface area contributed by atoms with Crippen molar-refractivity contribution in [2.75, 3.05) is 24.7 Å². The average Bonchev–Trinajstić information content (AvgIpc) is 3.19. The molecule has 1 saturated heterocycles. The number of fused-ring (bicyclic) bond motifs is 1. The number of benzene rings is 1. The Morgan fingerprint density at radius 2 is 1.87 bits per heavy atom. The zero-order chi connectivity index (χ0) is 15.6.